The third-order valence-corrected chi connectivity index (χ3v) is 3.05. The van der Waals surface area contributed by atoms with E-state index in [2.05, 4.69) is 5.32 Å². The summed E-state index contributed by atoms with van der Waals surface area (Å²) in [5.41, 5.74) is 0.713. The molecule has 0 aliphatic heterocycles. The number of carbonyl (C=O) groups excluding carboxylic acids is 2. The third-order valence-electron chi connectivity index (χ3n) is 3.05. The highest BCUT2D eigenvalue weighted by atomic mass is 16.4. The highest BCUT2D eigenvalue weighted by Crippen LogP contribution is 2.10. The van der Waals surface area contributed by atoms with Crippen molar-refractivity contribution in [3.05, 3.63) is 35.4 Å². The number of rotatable bonds is 8. The Hall–Kier alpha value is -2.37. The molecule has 1 rings (SSSR count). The molecule has 1 aromatic rings. The molecule has 0 fully saturated rings. The number of carbonyl (C=O) groups is 3. The van der Waals surface area contributed by atoms with E-state index in [1.54, 1.807) is 23.1 Å². The number of benzene rings is 1. The van der Waals surface area contributed by atoms with Gasteiger partial charge < -0.3 is 15.3 Å². The maximum Gasteiger partial charge on any atom is 0.322 e. The van der Waals surface area contributed by atoms with Crippen LogP contribution in [0.25, 0.3) is 0 Å². The van der Waals surface area contributed by atoms with Gasteiger partial charge in [0, 0.05) is 24.2 Å². The maximum atomic E-state index is 12.5. The number of aliphatic carboxylic acids is 1. The van der Waals surface area contributed by atoms with Crippen molar-refractivity contribution < 1.29 is 19.5 Å². The van der Waals surface area contributed by atoms with Crippen LogP contribution in [-0.4, -0.2) is 47.4 Å². The predicted molar refractivity (Wildman–Crippen MR) is 82.9 cm³/mol. The maximum absolute atomic E-state index is 12.5. The molecular formula is C16H22N2O4. The lowest BCUT2D eigenvalue weighted by atomic mass is 10.1. The van der Waals surface area contributed by atoms with E-state index in [-0.39, 0.29) is 11.5 Å². The Kier molecular flexibility index (Phi) is 7.08. The van der Waals surface area contributed by atoms with Crippen molar-refractivity contribution in [1.82, 2.24) is 10.2 Å². The van der Waals surface area contributed by atoms with Crippen LogP contribution in [0, 0.1) is 0 Å². The fourth-order valence-electron chi connectivity index (χ4n) is 2.09. The van der Waals surface area contributed by atoms with Crippen LogP contribution in [0.1, 0.15) is 47.4 Å². The van der Waals surface area contributed by atoms with Crippen LogP contribution >= 0.6 is 0 Å². The molecule has 0 atom stereocenters. The van der Waals surface area contributed by atoms with Gasteiger partial charge in [0.25, 0.3) is 11.8 Å². The van der Waals surface area contributed by atoms with Gasteiger partial charge in [-0.15, -0.1) is 0 Å². The van der Waals surface area contributed by atoms with Crippen molar-refractivity contribution in [2.24, 2.45) is 0 Å². The number of amides is 2. The zero-order valence-electron chi connectivity index (χ0n) is 13.0. The Bertz CT molecular complexity index is 537. The van der Waals surface area contributed by atoms with Crippen LogP contribution in [0.2, 0.25) is 0 Å². The van der Waals surface area contributed by atoms with Crippen molar-refractivity contribution >= 4 is 17.8 Å². The normalized spacial score (nSPS) is 10.1. The summed E-state index contributed by atoms with van der Waals surface area (Å²) < 4.78 is 0. The van der Waals surface area contributed by atoms with Crippen LogP contribution in [0.5, 0.6) is 0 Å². The van der Waals surface area contributed by atoms with Crippen LogP contribution in [0.3, 0.4) is 0 Å². The van der Waals surface area contributed by atoms with Crippen molar-refractivity contribution in [1.29, 1.82) is 0 Å². The molecule has 0 aliphatic carbocycles. The van der Waals surface area contributed by atoms with E-state index in [9.17, 15) is 14.4 Å². The van der Waals surface area contributed by atoms with Gasteiger partial charge in [0.2, 0.25) is 0 Å². The average Bonchev–Trinajstić information content (AvgIpc) is 2.51. The lowest BCUT2D eigenvalue weighted by Crippen LogP contribution is -2.33. The highest BCUT2D eigenvalue weighted by Gasteiger charge is 2.16. The van der Waals surface area contributed by atoms with Gasteiger partial charge in [0.05, 0.1) is 0 Å². The third kappa shape index (κ3) is 5.20. The van der Waals surface area contributed by atoms with Crippen LogP contribution < -0.4 is 5.32 Å². The lowest BCUT2D eigenvalue weighted by Gasteiger charge is -2.21. The monoisotopic (exact) mass is 306 g/mol. The Morgan fingerprint density at radius 1 is 1.09 bits per heavy atom. The molecule has 0 heterocycles. The van der Waals surface area contributed by atoms with Crippen LogP contribution in [0.4, 0.5) is 0 Å². The van der Waals surface area contributed by atoms with Crippen molar-refractivity contribution in [3.8, 4) is 0 Å². The first kappa shape index (κ1) is 17.7. The molecular weight excluding hydrogens is 284 g/mol. The number of carboxylic acid groups (broad SMARTS) is 1. The molecule has 6 nitrogen and oxygen atoms in total. The number of nitrogens with zero attached hydrogens (tertiary/aromatic N) is 1. The van der Waals surface area contributed by atoms with Crippen LogP contribution in [-0.2, 0) is 4.79 Å². The standard InChI is InChI=1S/C16H22N2O4/c1-3-8-18(9-4-2)16(22)13-7-5-6-12(10-13)15(21)17-11-14(19)20/h5-7,10H,3-4,8-9,11H2,1-2H3,(H,17,21)(H,19,20). The second-order valence-corrected chi connectivity index (χ2v) is 4.95. The summed E-state index contributed by atoms with van der Waals surface area (Å²) in [4.78, 5) is 36.5. The number of carboxylic acids is 1. The second kappa shape index (κ2) is 8.81. The highest BCUT2D eigenvalue weighted by molar-refractivity contribution is 6.00. The topological polar surface area (TPSA) is 86.7 Å². The molecule has 6 heteroatoms. The summed E-state index contributed by atoms with van der Waals surface area (Å²) in [5.74, 6) is -1.73. The zero-order chi connectivity index (χ0) is 16.5. The SMILES string of the molecule is CCCN(CCC)C(=O)c1cccc(C(=O)NCC(=O)O)c1. The Labute approximate surface area is 130 Å². The molecule has 2 amide bonds. The Morgan fingerprint density at radius 3 is 2.23 bits per heavy atom. The van der Waals surface area contributed by atoms with Crippen LogP contribution in [0.15, 0.2) is 24.3 Å². The van der Waals surface area contributed by atoms with E-state index in [1.165, 1.54) is 6.07 Å². The Morgan fingerprint density at radius 2 is 1.68 bits per heavy atom. The molecule has 0 unspecified atom stereocenters. The molecule has 0 aliphatic rings. The van der Waals surface area contributed by atoms with E-state index >= 15 is 0 Å². The smallest absolute Gasteiger partial charge is 0.322 e. The molecule has 0 saturated carbocycles. The summed E-state index contributed by atoms with van der Waals surface area (Å²) >= 11 is 0. The predicted octanol–water partition coefficient (Wildman–Crippen LogP) is 1.76. The second-order valence-electron chi connectivity index (χ2n) is 4.95. The van der Waals surface area contributed by atoms with Crippen molar-refractivity contribution in [2.75, 3.05) is 19.6 Å². The molecule has 0 spiro atoms. The molecule has 0 saturated heterocycles. The van der Waals surface area contributed by atoms with Crippen molar-refractivity contribution in [3.63, 3.8) is 0 Å². The van der Waals surface area contributed by atoms with E-state index in [1.807, 2.05) is 13.8 Å². The van der Waals surface area contributed by atoms with Crippen molar-refractivity contribution in [2.45, 2.75) is 26.7 Å². The van der Waals surface area contributed by atoms with E-state index < -0.39 is 18.4 Å². The first-order chi connectivity index (χ1) is 10.5. The molecule has 22 heavy (non-hydrogen) atoms. The minimum Gasteiger partial charge on any atom is -0.480 e. The first-order valence-electron chi connectivity index (χ1n) is 7.38. The minimum absolute atomic E-state index is 0.114. The average molecular weight is 306 g/mol. The molecule has 0 aromatic heterocycles. The zero-order valence-corrected chi connectivity index (χ0v) is 13.0. The van der Waals surface area contributed by atoms with Gasteiger partial charge in [-0.1, -0.05) is 19.9 Å². The van der Waals surface area contributed by atoms with Gasteiger partial charge in [0.1, 0.15) is 6.54 Å². The van der Waals surface area contributed by atoms with E-state index in [0.717, 1.165) is 12.8 Å². The summed E-state index contributed by atoms with van der Waals surface area (Å²) in [6.07, 6.45) is 1.73. The fraction of sp³-hybridized carbons (Fsp3) is 0.438. The molecule has 0 bridgehead atoms. The molecule has 0 radical (unpaired) electrons. The summed E-state index contributed by atoms with van der Waals surface area (Å²) in [6, 6.07) is 6.34. The summed E-state index contributed by atoms with van der Waals surface area (Å²) in [6.45, 7) is 4.90. The number of hydrogen-bond donors (Lipinski definition) is 2. The lowest BCUT2D eigenvalue weighted by molar-refractivity contribution is -0.135. The van der Waals surface area contributed by atoms with E-state index in [4.69, 9.17) is 5.11 Å². The van der Waals surface area contributed by atoms with Gasteiger partial charge in [-0.2, -0.15) is 0 Å². The van der Waals surface area contributed by atoms with Gasteiger partial charge in [-0.25, -0.2) is 0 Å². The first-order valence-corrected chi connectivity index (χ1v) is 7.38. The summed E-state index contributed by atoms with van der Waals surface area (Å²) in [5, 5.41) is 10.8. The van der Waals surface area contributed by atoms with Gasteiger partial charge in [-0.05, 0) is 31.0 Å². The van der Waals surface area contributed by atoms with Gasteiger partial charge in [-0.3, -0.25) is 14.4 Å². The number of hydrogen-bond acceptors (Lipinski definition) is 3. The summed E-state index contributed by atoms with van der Waals surface area (Å²) in [7, 11) is 0. The number of nitrogens with one attached hydrogen (secondary N) is 1. The fourth-order valence-corrected chi connectivity index (χ4v) is 2.09. The minimum atomic E-state index is -1.11. The molecule has 1 aromatic carbocycles. The largest absolute Gasteiger partial charge is 0.480 e. The van der Waals surface area contributed by atoms with Gasteiger partial charge in [0.15, 0.2) is 0 Å². The van der Waals surface area contributed by atoms with E-state index in [0.29, 0.717) is 18.7 Å². The Balaban J connectivity index is 2.87. The molecule has 2 N–H and O–H groups in total. The quantitative estimate of drug-likeness (QED) is 0.766. The molecule has 120 valence electrons. The van der Waals surface area contributed by atoms with Gasteiger partial charge >= 0.3 is 5.97 Å².